The Kier molecular flexibility index (Phi) is 4.13. The van der Waals surface area contributed by atoms with Crippen molar-refractivity contribution in [3.8, 4) is 5.75 Å². The summed E-state index contributed by atoms with van der Waals surface area (Å²) in [6.07, 6.45) is 2.00. The molecule has 0 bridgehead atoms. The fourth-order valence-electron chi connectivity index (χ4n) is 1.78. The molecule has 1 aromatic carbocycles. The summed E-state index contributed by atoms with van der Waals surface area (Å²) in [5, 5.41) is 2.66. The van der Waals surface area contributed by atoms with Crippen LogP contribution in [0.25, 0.3) is 0 Å². The van der Waals surface area contributed by atoms with Gasteiger partial charge in [0.05, 0.1) is 11.9 Å². The van der Waals surface area contributed by atoms with Crippen molar-refractivity contribution in [1.29, 1.82) is 0 Å². The van der Waals surface area contributed by atoms with Gasteiger partial charge >= 0.3 is 6.09 Å². The van der Waals surface area contributed by atoms with Gasteiger partial charge in [0.1, 0.15) is 5.75 Å². The van der Waals surface area contributed by atoms with E-state index >= 15 is 0 Å². The molecule has 1 heterocycles. The number of nitrogens with zero attached hydrogens (tertiary/aromatic N) is 1. The van der Waals surface area contributed by atoms with Crippen LogP contribution in [-0.4, -0.2) is 11.1 Å². The van der Waals surface area contributed by atoms with Gasteiger partial charge in [-0.25, -0.2) is 4.79 Å². The summed E-state index contributed by atoms with van der Waals surface area (Å²) in [4.78, 5) is 16.0. The number of amides is 1. The highest BCUT2D eigenvalue weighted by atomic mass is 16.6. The minimum Gasteiger partial charge on any atom is -0.410 e. The number of carbonyl (C=O) groups excluding carboxylic acids is 1. The zero-order valence-corrected chi connectivity index (χ0v) is 11.0. The van der Waals surface area contributed by atoms with Crippen molar-refractivity contribution in [1.82, 2.24) is 4.98 Å². The largest absolute Gasteiger partial charge is 0.417 e. The van der Waals surface area contributed by atoms with Crippen molar-refractivity contribution in [3.05, 3.63) is 53.9 Å². The number of para-hydroxylation sites is 1. The molecule has 2 aromatic rings. The molecular weight excluding hydrogens is 240 g/mol. The number of hydrogen-bond donors (Lipinski definition) is 1. The molecule has 0 aliphatic carbocycles. The predicted molar refractivity (Wildman–Crippen MR) is 74.4 cm³/mol. The summed E-state index contributed by atoms with van der Waals surface area (Å²) in [7, 11) is 0. The molecule has 0 fully saturated rings. The first-order chi connectivity index (χ1) is 9.19. The minimum atomic E-state index is -0.517. The lowest BCUT2D eigenvalue weighted by atomic mass is 10.2. The molecule has 4 heteroatoms. The zero-order chi connectivity index (χ0) is 13.7. The highest BCUT2D eigenvalue weighted by Crippen LogP contribution is 2.14. The van der Waals surface area contributed by atoms with Crippen LogP contribution in [0.1, 0.15) is 18.2 Å². The van der Waals surface area contributed by atoms with Crippen molar-refractivity contribution < 1.29 is 9.53 Å². The van der Waals surface area contributed by atoms with Crippen LogP contribution in [0, 0.1) is 6.92 Å². The first-order valence-corrected chi connectivity index (χ1v) is 6.18. The van der Waals surface area contributed by atoms with Crippen LogP contribution in [-0.2, 0) is 6.42 Å². The number of nitrogens with one attached hydrogen (secondary N) is 1. The molecule has 19 heavy (non-hydrogen) atoms. The SMILES string of the molecule is CCc1ncc(NC(=O)Oc2ccccc2)cc1C. The second-order valence-electron chi connectivity index (χ2n) is 4.17. The molecule has 2 rings (SSSR count). The maximum atomic E-state index is 11.7. The molecule has 1 N–H and O–H groups in total. The number of anilines is 1. The van der Waals surface area contributed by atoms with E-state index in [0.29, 0.717) is 11.4 Å². The van der Waals surface area contributed by atoms with E-state index in [1.54, 1.807) is 18.3 Å². The van der Waals surface area contributed by atoms with Gasteiger partial charge in [-0.2, -0.15) is 0 Å². The van der Waals surface area contributed by atoms with E-state index in [4.69, 9.17) is 4.74 Å². The Labute approximate surface area is 112 Å². The Morgan fingerprint density at radius 2 is 2.05 bits per heavy atom. The van der Waals surface area contributed by atoms with Crippen LogP contribution in [0.3, 0.4) is 0 Å². The van der Waals surface area contributed by atoms with Gasteiger partial charge in [-0.1, -0.05) is 25.1 Å². The van der Waals surface area contributed by atoms with E-state index in [-0.39, 0.29) is 0 Å². The van der Waals surface area contributed by atoms with Gasteiger partial charge in [0.2, 0.25) is 0 Å². The van der Waals surface area contributed by atoms with Crippen molar-refractivity contribution in [2.24, 2.45) is 0 Å². The summed E-state index contributed by atoms with van der Waals surface area (Å²) in [5.74, 6) is 0.509. The Morgan fingerprint density at radius 1 is 1.32 bits per heavy atom. The molecule has 0 aliphatic rings. The lowest BCUT2D eigenvalue weighted by Gasteiger charge is -2.08. The Hall–Kier alpha value is -2.36. The summed E-state index contributed by atoms with van der Waals surface area (Å²) in [6, 6.07) is 10.8. The summed E-state index contributed by atoms with van der Waals surface area (Å²) in [6.45, 7) is 4.02. The van der Waals surface area contributed by atoms with Crippen LogP contribution in [0.15, 0.2) is 42.6 Å². The quantitative estimate of drug-likeness (QED) is 0.913. The number of pyridine rings is 1. The average molecular weight is 256 g/mol. The number of aryl methyl sites for hydroxylation is 2. The summed E-state index contributed by atoms with van der Waals surface area (Å²) in [5.41, 5.74) is 2.72. The average Bonchev–Trinajstić information content (AvgIpc) is 2.40. The summed E-state index contributed by atoms with van der Waals surface area (Å²) >= 11 is 0. The van der Waals surface area contributed by atoms with Crippen LogP contribution in [0.5, 0.6) is 5.75 Å². The third kappa shape index (κ3) is 3.55. The molecule has 0 spiro atoms. The maximum absolute atomic E-state index is 11.7. The number of carbonyl (C=O) groups is 1. The highest BCUT2D eigenvalue weighted by Gasteiger charge is 2.06. The van der Waals surface area contributed by atoms with Gasteiger partial charge in [0, 0.05) is 5.69 Å². The molecule has 0 aliphatic heterocycles. The molecular formula is C15H16N2O2. The standard InChI is InChI=1S/C15H16N2O2/c1-3-14-11(2)9-12(10-16-14)17-15(18)19-13-7-5-4-6-8-13/h4-10H,3H2,1-2H3,(H,17,18). The number of ether oxygens (including phenoxy) is 1. The second-order valence-corrected chi connectivity index (χ2v) is 4.17. The van der Waals surface area contributed by atoms with Crippen molar-refractivity contribution >= 4 is 11.8 Å². The van der Waals surface area contributed by atoms with E-state index in [1.165, 1.54) is 0 Å². The Morgan fingerprint density at radius 3 is 2.68 bits per heavy atom. The number of benzene rings is 1. The van der Waals surface area contributed by atoms with E-state index in [9.17, 15) is 4.79 Å². The topological polar surface area (TPSA) is 51.2 Å². The normalized spacial score (nSPS) is 10.0. The maximum Gasteiger partial charge on any atom is 0.417 e. The smallest absolute Gasteiger partial charge is 0.410 e. The summed E-state index contributed by atoms with van der Waals surface area (Å²) < 4.78 is 5.14. The van der Waals surface area contributed by atoms with E-state index in [2.05, 4.69) is 10.3 Å². The van der Waals surface area contributed by atoms with Gasteiger partial charge in [-0.05, 0) is 37.1 Å². The van der Waals surface area contributed by atoms with Crippen LogP contribution in [0.2, 0.25) is 0 Å². The molecule has 4 nitrogen and oxygen atoms in total. The lowest BCUT2D eigenvalue weighted by Crippen LogP contribution is -2.17. The number of rotatable bonds is 3. The fraction of sp³-hybridized carbons (Fsp3) is 0.200. The molecule has 0 saturated carbocycles. The third-order valence-electron chi connectivity index (χ3n) is 2.72. The highest BCUT2D eigenvalue weighted by molar-refractivity contribution is 5.86. The lowest BCUT2D eigenvalue weighted by molar-refractivity contribution is 0.215. The van der Waals surface area contributed by atoms with Crippen molar-refractivity contribution in [3.63, 3.8) is 0 Å². The van der Waals surface area contributed by atoms with E-state index < -0.39 is 6.09 Å². The first-order valence-electron chi connectivity index (χ1n) is 6.18. The zero-order valence-electron chi connectivity index (χ0n) is 11.0. The molecule has 1 aromatic heterocycles. The van der Waals surface area contributed by atoms with Gasteiger partial charge in [-0.3, -0.25) is 10.3 Å². The number of hydrogen-bond acceptors (Lipinski definition) is 3. The molecule has 0 radical (unpaired) electrons. The minimum absolute atomic E-state index is 0.509. The van der Waals surface area contributed by atoms with Crippen molar-refractivity contribution in [2.45, 2.75) is 20.3 Å². The molecule has 0 saturated heterocycles. The van der Waals surface area contributed by atoms with Crippen LogP contribution in [0.4, 0.5) is 10.5 Å². The van der Waals surface area contributed by atoms with Crippen LogP contribution >= 0.6 is 0 Å². The van der Waals surface area contributed by atoms with Gasteiger partial charge < -0.3 is 4.74 Å². The van der Waals surface area contributed by atoms with Crippen molar-refractivity contribution in [2.75, 3.05) is 5.32 Å². The second kappa shape index (κ2) is 6.00. The van der Waals surface area contributed by atoms with E-state index in [1.807, 2.05) is 38.1 Å². The number of aromatic nitrogens is 1. The first kappa shape index (κ1) is 13.1. The fourth-order valence-corrected chi connectivity index (χ4v) is 1.78. The van der Waals surface area contributed by atoms with Gasteiger partial charge in [0.15, 0.2) is 0 Å². The molecule has 98 valence electrons. The van der Waals surface area contributed by atoms with Crippen LogP contribution < -0.4 is 10.1 Å². The van der Waals surface area contributed by atoms with E-state index in [0.717, 1.165) is 17.7 Å². The molecule has 0 atom stereocenters. The van der Waals surface area contributed by atoms with Gasteiger partial charge in [0.25, 0.3) is 0 Å². The predicted octanol–water partition coefficient (Wildman–Crippen LogP) is 3.56. The van der Waals surface area contributed by atoms with Gasteiger partial charge in [-0.15, -0.1) is 0 Å². The third-order valence-corrected chi connectivity index (χ3v) is 2.72. The monoisotopic (exact) mass is 256 g/mol. The Bertz CT molecular complexity index is 568. The molecule has 0 unspecified atom stereocenters. The molecule has 1 amide bonds. The Balaban J connectivity index is 2.01.